The summed E-state index contributed by atoms with van der Waals surface area (Å²) in [5.74, 6) is 1.53. The molecule has 4 nitrogen and oxygen atoms in total. The number of rotatable bonds is 2. The summed E-state index contributed by atoms with van der Waals surface area (Å²) in [7, 11) is 0. The van der Waals surface area contributed by atoms with Gasteiger partial charge in [0.15, 0.2) is 0 Å². The van der Waals surface area contributed by atoms with Crippen molar-refractivity contribution in [2.75, 3.05) is 13.1 Å². The van der Waals surface area contributed by atoms with Gasteiger partial charge in [0.25, 0.3) is 0 Å². The van der Waals surface area contributed by atoms with Crippen LogP contribution in [0.25, 0.3) is 11.4 Å². The van der Waals surface area contributed by atoms with Crippen LogP contribution in [0.2, 0.25) is 0 Å². The summed E-state index contributed by atoms with van der Waals surface area (Å²) in [6.45, 7) is 5.87. The largest absolute Gasteiger partial charge is 0.339 e. The van der Waals surface area contributed by atoms with Gasteiger partial charge in [-0.1, -0.05) is 18.1 Å². The smallest absolute Gasteiger partial charge is 0.231 e. The van der Waals surface area contributed by atoms with E-state index in [0.717, 1.165) is 18.7 Å². The van der Waals surface area contributed by atoms with Crippen molar-refractivity contribution >= 4 is 0 Å². The van der Waals surface area contributed by atoms with Crippen LogP contribution in [0, 0.1) is 18.7 Å². The van der Waals surface area contributed by atoms with E-state index in [2.05, 4.69) is 22.4 Å². The molecule has 0 bridgehead atoms. The molecule has 1 fully saturated rings. The lowest BCUT2D eigenvalue weighted by Gasteiger charge is -2.07. The summed E-state index contributed by atoms with van der Waals surface area (Å²) in [5, 5.41) is 7.29. The van der Waals surface area contributed by atoms with Crippen LogP contribution in [0.3, 0.4) is 0 Å². The minimum Gasteiger partial charge on any atom is -0.339 e. The monoisotopic (exact) mass is 261 g/mol. The van der Waals surface area contributed by atoms with Gasteiger partial charge in [0.2, 0.25) is 11.7 Å². The predicted octanol–water partition coefficient (Wildman–Crippen LogP) is 2.51. The van der Waals surface area contributed by atoms with E-state index in [1.54, 1.807) is 6.07 Å². The molecule has 1 N–H and O–H groups in total. The van der Waals surface area contributed by atoms with Crippen LogP contribution >= 0.6 is 0 Å². The normalized spacial score (nSPS) is 22.9. The topological polar surface area (TPSA) is 51.0 Å². The van der Waals surface area contributed by atoms with Gasteiger partial charge in [-0.2, -0.15) is 4.98 Å². The number of aromatic nitrogens is 2. The molecule has 1 aliphatic heterocycles. The van der Waals surface area contributed by atoms with Gasteiger partial charge >= 0.3 is 0 Å². The van der Waals surface area contributed by atoms with Crippen molar-refractivity contribution in [3.63, 3.8) is 0 Å². The fourth-order valence-electron chi connectivity index (χ4n) is 2.47. The number of hydrogen-bond acceptors (Lipinski definition) is 4. The van der Waals surface area contributed by atoms with Gasteiger partial charge in [-0.15, -0.1) is 0 Å². The number of nitrogens with one attached hydrogen (secondary N) is 1. The van der Waals surface area contributed by atoms with Gasteiger partial charge in [0.05, 0.1) is 5.92 Å². The van der Waals surface area contributed by atoms with E-state index in [0.29, 0.717) is 23.2 Å². The summed E-state index contributed by atoms with van der Waals surface area (Å²) in [4.78, 5) is 4.43. The molecule has 3 rings (SSSR count). The van der Waals surface area contributed by atoms with Crippen LogP contribution in [0.4, 0.5) is 4.39 Å². The predicted molar refractivity (Wildman–Crippen MR) is 69.2 cm³/mol. The molecule has 0 spiro atoms. The molecule has 2 aromatic rings. The third kappa shape index (κ3) is 2.26. The molecular weight excluding hydrogens is 245 g/mol. The number of halogens is 1. The molecule has 2 unspecified atom stereocenters. The fourth-order valence-corrected chi connectivity index (χ4v) is 2.47. The minimum atomic E-state index is -0.289. The first kappa shape index (κ1) is 12.3. The highest BCUT2D eigenvalue weighted by Gasteiger charge is 2.29. The Bertz CT molecular complexity index is 596. The SMILES string of the molecule is Cc1ccc(F)cc1-c1noc(C2CNCC2C)n1. The van der Waals surface area contributed by atoms with Crippen molar-refractivity contribution in [2.24, 2.45) is 5.92 Å². The van der Waals surface area contributed by atoms with Gasteiger partial charge in [0.1, 0.15) is 5.82 Å². The fraction of sp³-hybridized carbons (Fsp3) is 0.429. The Labute approximate surface area is 111 Å². The average molecular weight is 261 g/mol. The maximum atomic E-state index is 13.3. The Morgan fingerprint density at radius 1 is 1.37 bits per heavy atom. The molecule has 1 saturated heterocycles. The van der Waals surface area contributed by atoms with E-state index < -0.39 is 0 Å². The summed E-state index contributed by atoms with van der Waals surface area (Å²) in [6.07, 6.45) is 0. The van der Waals surface area contributed by atoms with Gasteiger partial charge in [0, 0.05) is 12.1 Å². The molecule has 1 aromatic carbocycles. The van der Waals surface area contributed by atoms with Gasteiger partial charge in [-0.3, -0.25) is 0 Å². The minimum absolute atomic E-state index is 0.245. The second-order valence-electron chi connectivity index (χ2n) is 5.16. The zero-order valence-electron chi connectivity index (χ0n) is 11.0. The second kappa shape index (κ2) is 4.74. The summed E-state index contributed by atoms with van der Waals surface area (Å²) >= 11 is 0. The van der Waals surface area contributed by atoms with Crippen LogP contribution in [-0.2, 0) is 0 Å². The van der Waals surface area contributed by atoms with Crippen LogP contribution in [-0.4, -0.2) is 23.2 Å². The number of hydrogen-bond donors (Lipinski definition) is 1. The number of nitrogens with zero attached hydrogens (tertiary/aromatic N) is 2. The van der Waals surface area contributed by atoms with E-state index in [9.17, 15) is 4.39 Å². The molecule has 1 aromatic heterocycles. The van der Waals surface area contributed by atoms with Crippen molar-refractivity contribution in [2.45, 2.75) is 19.8 Å². The Morgan fingerprint density at radius 2 is 2.21 bits per heavy atom. The molecule has 0 aliphatic carbocycles. The highest BCUT2D eigenvalue weighted by atomic mass is 19.1. The Balaban J connectivity index is 1.94. The van der Waals surface area contributed by atoms with Crippen molar-refractivity contribution < 1.29 is 8.91 Å². The summed E-state index contributed by atoms with van der Waals surface area (Å²) < 4.78 is 18.7. The maximum absolute atomic E-state index is 13.3. The molecule has 2 heterocycles. The molecule has 5 heteroatoms. The van der Waals surface area contributed by atoms with E-state index in [1.165, 1.54) is 12.1 Å². The number of aryl methyl sites for hydroxylation is 1. The molecule has 19 heavy (non-hydrogen) atoms. The lowest BCUT2D eigenvalue weighted by atomic mass is 9.98. The third-order valence-corrected chi connectivity index (χ3v) is 3.72. The van der Waals surface area contributed by atoms with E-state index in [-0.39, 0.29) is 11.7 Å². The number of benzene rings is 1. The van der Waals surface area contributed by atoms with Crippen molar-refractivity contribution in [3.05, 3.63) is 35.5 Å². The first-order valence-electron chi connectivity index (χ1n) is 6.46. The lowest BCUT2D eigenvalue weighted by Crippen LogP contribution is -2.08. The Morgan fingerprint density at radius 3 is 2.95 bits per heavy atom. The van der Waals surface area contributed by atoms with Gasteiger partial charge in [-0.25, -0.2) is 4.39 Å². The van der Waals surface area contributed by atoms with Crippen LogP contribution in [0.5, 0.6) is 0 Å². The van der Waals surface area contributed by atoms with Crippen molar-refractivity contribution in [1.29, 1.82) is 0 Å². The highest BCUT2D eigenvalue weighted by molar-refractivity contribution is 5.59. The summed E-state index contributed by atoms with van der Waals surface area (Å²) in [6, 6.07) is 4.60. The van der Waals surface area contributed by atoms with E-state index >= 15 is 0 Å². The standard InChI is InChI=1S/C14H16FN3O/c1-8-3-4-10(15)5-11(8)13-17-14(19-18-13)12-7-16-6-9(12)2/h3-5,9,12,16H,6-7H2,1-2H3. The molecular formula is C14H16FN3O. The van der Waals surface area contributed by atoms with Crippen LogP contribution in [0.15, 0.2) is 22.7 Å². The molecule has 100 valence electrons. The van der Waals surface area contributed by atoms with Crippen LogP contribution < -0.4 is 5.32 Å². The summed E-state index contributed by atoms with van der Waals surface area (Å²) in [5.41, 5.74) is 1.62. The second-order valence-corrected chi connectivity index (χ2v) is 5.16. The zero-order valence-corrected chi connectivity index (χ0v) is 11.0. The molecule has 0 saturated carbocycles. The van der Waals surface area contributed by atoms with Gasteiger partial charge in [-0.05, 0) is 37.1 Å². The first-order valence-corrected chi connectivity index (χ1v) is 6.46. The molecule has 0 radical (unpaired) electrons. The van der Waals surface area contributed by atoms with Crippen molar-refractivity contribution in [1.82, 2.24) is 15.5 Å². The maximum Gasteiger partial charge on any atom is 0.231 e. The van der Waals surface area contributed by atoms with Crippen molar-refractivity contribution in [3.8, 4) is 11.4 Å². The van der Waals surface area contributed by atoms with E-state index in [1.807, 2.05) is 6.92 Å². The Hall–Kier alpha value is -1.75. The highest BCUT2D eigenvalue weighted by Crippen LogP contribution is 2.29. The quantitative estimate of drug-likeness (QED) is 0.902. The average Bonchev–Trinajstić information content (AvgIpc) is 3.00. The Kier molecular flexibility index (Phi) is 3.06. The molecule has 1 aliphatic rings. The zero-order chi connectivity index (χ0) is 13.4. The van der Waals surface area contributed by atoms with Gasteiger partial charge < -0.3 is 9.84 Å². The van der Waals surface area contributed by atoms with E-state index in [4.69, 9.17) is 4.52 Å². The van der Waals surface area contributed by atoms with Crippen LogP contribution in [0.1, 0.15) is 24.3 Å². The molecule has 0 amide bonds. The lowest BCUT2D eigenvalue weighted by molar-refractivity contribution is 0.340. The first-order chi connectivity index (χ1) is 9.15. The molecule has 2 atom stereocenters. The third-order valence-electron chi connectivity index (χ3n) is 3.72.